The van der Waals surface area contributed by atoms with Crippen LogP contribution in [0.1, 0.15) is 38.5 Å². The zero-order valence-electron chi connectivity index (χ0n) is 12.2. The van der Waals surface area contributed by atoms with E-state index in [2.05, 4.69) is 32.2 Å². The van der Waals surface area contributed by atoms with Crippen molar-refractivity contribution in [1.82, 2.24) is 5.32 Å². The lowest BCUT2D eigenvalue weighted by atomic mass is 10.1. The number of hydrogen-bond acceptors (Lipinski definition) is 3. The number of hydrogen-bond donors (Lipinski definition) is 1. The summed E-state index contributed by atoms with van der Waals surface area (Å²) in [5.74, 6) is 0.928. The van der Waals surface area contributed by atoms with Gasteiger partial charge in [-0.1, -0.05) is 25.1 Å². The summed E-state index contributed by atoms with van der Waals surface area (Å²) in [6.45, 7) is 7.66. The molecule has 0 bridgehead atoms. The molecule has 1 aromatic heterocycles. The Kier molecular flexibility index (Phi) is 4.27. The third kappa shape index (κ3) is 3.17. The number of rotatable bonds is 6. The van der Waals surface area contributed by atoms with Crippen molar-refractivity contribution in [2.24, 2.45) is 0 Å². The lowest BCUT2D eigenvalue weighted by Crippen LogP contribution is -2.23. The number of furan rings is 1. The second-order valence-corrected chi connectivity index (χ2v) is 5.43. The van der Waals surface area contributed by atoms with Gasteiger partial charge in [0.1, 0.15) is 18.0 Å². The van der Waals surface area contributed by atoms with E-state index >= 15 is 0 Å². The first-order valence-corrected chi connectivity index (χ1v) is 6.85. The van der Waals surface area contributed by atoms with Crippen LogP contribution < -0.4 is 5.32 Å². The molecule has 104 valence electrons. The van der Waals surface area contributed by atoms with Gasteiger partial charge in [-0.15, -0.1) is 0 Å². The van der Waals surface area contributed by atoms with Gasteiger partial charge < -0.3 is 14.5 Å². The van der Waals surface area contributed by atoms with E-state index in [1.807, 2.05) is 25.2 Å². The molecule has 0 unspecified atom stereocenters. The van der Waals surface area contributed by atoms with Gasteiger partial charge in [-0.05, 0) is 33.4 Å². The minimum absolute atomic E-state index is 0.115. The molecule has 0 saturated heterocycles. The fourth-order valence-corrected chi connectivity index (χ4v) is 2.00. The van der Waals surface area contributed by atoms with Gasteiger partial charge in [-0.25, -0.2) is 0 Å². The maximum Gasteiger partial charge on any atom is 0.135 e. The summed E-state index contributed by atoms with van der Waals surface area (Å²) in [5, 5.41) is 4.37. The van der Waals surface area contributed by atoms with Crippen LogP contribution in [0.15, 0.2) is 28.7 Å². The lowest BCUT2D eigenvalue weighted by Gasteiger charge is -2.23. The van der Waals surface area contributed by atoms with E-state index in [4.69, 9.17) is 9.15 Å². The molecule has 0 aliphatic carbocycles. The largest absolute Gasteiger partial charge is 0.458 e. The standard InChI is InChI=1S/C16H23NO2/c1-5-16(2,3)18-11-15-13(10-17-4)12-8-6-7-9-14(12)19-15/h6-9,17H,5,10-11H2,1-4H3. The lowest BCUT2D eigenvalue weighted by molar-refractivity contribution is -0.0382. The van der Waals surface area contributed by atoms with Crippen LogP contribution >= 0.6 is 0 Å². The van der Waals surface area contributed by atoms with Crippen molar-refractivity contribution in [3.63, 3.8) is 0 Å². The van der Waals surface area contributed by atoms with Crippen molar-refractivity contribution in [2.75, 3.05) is 7.05 Å². The van der Waals surface area contributed by atoms with E-state index in [9.17, 15) is 0 Å². The van der Waals surface area contributed by atoms with Crippen LogP contribution in [0, 0.1) is 0 Å². The fraction of sp³-hybridized carbons (Fsp3) is 0.500. The average molecular weight is 261 g/mol. The number of fused-ring (bicyclic) bond motifs is 1. The Balaban J connectivity index is 2.28. The highest BCUT2D eigenvalue weighted by Crippen LogP contribution is 2.28. The van der Waals surface area contributed by atoms with E-state index < -0.39 is 0 Å². The molecule has 0 fully saturated rings. The summed E-state index contributed by atoms with van der Waals surface area (Å²) in [6, 6.07) is 8.14. The highest BCUT2D eigenvalue weighted by Gasteiger charge is 2.19. The van der Waals surface area contributed by atoms with Gasteiger partial charge in [0.05, 0.1) is 5.60 Å². The van der Waals surface area contributed by atoms with Crippen molar-refractivity contribution >= 4 is 11.0 Å². The molecule has 19 heavy (non-hydrogen) atoms. The summed E-state index contributed by atoms with van der Waals surface area (Å²) >= 11 is 0. The third-order valence-electron chi connectivity index (χ3n) is 3.58. The van der Waals surface area contributed by atoms with Gasteiger partial charge in [0.2, 0.25) is 0 Å². The smallest absolute Gasteiger partial charge is 0.135 e. The quantitative estimate of drug-likeness (QED) is 0.857. The molecule has 1 aromatic carbocycles. The maximum absolute atomic E-state index is 5.96. The Morgan fingerprint density at radius 2 is 2.00 bits per heavy atom. The molecule has 1 heterocycles. The topological polar surface area (TPSA) is 34.4 Å². The number of ether oxygens (including phenoxy) is 1. The Bertz CT molecular complexity index is 543. The van der Waals surface area contributed by atoms with E-state index in [0.29, 0.717) is 6.61 Å². The van der Waals surface area contributed by atoms with Crippen LogP contribution in [0.4, 0.5) is 0 Å². The van der Waals surface area contributed by atoms with Crippen LogP contribution in [0.5, 0.6) is 0 Å². The van der Waals surface area contributed by atoms with Crippen LogP contribution in [0.2, 0.25) is 0 Å². The van der Waals surface area contributed by atoms with Crippen molar-refractivity contribution in [2.45, 2.75) is 45.9 Å². The minimum Gasteiger partial charge on any atom is -0.458 e. The zero-order valence-corrected chi connectivity index (χ0v) is 12.2. The fourth-order valence-electron chi connectivity index (χ4n) is 2.00. The normalized spacial score (nSPS) is 12.2. The van der Waals surface area contributed by atoms with Crippen molar-refractivity contribution < 1.29 is 9.15 Å². The Hall–Kier alpha value is -1.32. The molecule has 0 atom stereocenters. The van der Waals surface area contributed by atoms with E-state index in [1.54, 1.807) is 0 Å². The van der Waals surface area contributed by atoms with E-state index in [1.165, 1.54) is 10.9 Å². The Labute approximate surface area is 114 Å². The van der Waals surface area contributed by atoms with Gasteiger partial charge in [0, 0.05) is 17.5 Å². The second kappa shape index (κ2) is 5.76. The number of benzene rings is 1. The first-order chi connectivity index (χ1) is 9.07. The molecule has 0 saturated carbocycles. The Morgan fingerprint density at radius 1 is 1.26 bits per heavy atom. The molecule has 0 radical (unpaired) electrons. The minimum atomic E-state index is -0.115. The molecular formula is C16H23NO2. The van der Waals surface area contributed by atoms with Gasteiger partial charge in [0.25, 0.3) is 0 Å². The first-order valence-electron chi connectivity index (χ1n) is 6.85. The van der Waals surface area contributed by atoms with Crippen molar-refractivity contribution in [3.05, 3.63) is 35.6 Å². The van der Waals surface area contributed by atoms with Gasteiger partial charge in [-0.3, -0.25) is 0 Å². The van der Waals surface area contributed by atoms with Crippen LogP contribution in [0.25, 0.3) is 11.0 Å². The van der Waals surface area contributed by atoms with E-state index in [-0.39, 0.29) is 5.60 Å². The highest BCUT2D eigenvalue weighted by atomic mass is 16.5. The molecular weight excluding hydrogens is 238 g/mol. The molecule has 2 aromatic rings. The molecule has 3 nitrogen and oxygen atoms in total. The molecule has 0 aliphatic heterocycles. The van der Waals surface area contributed by atoms with Gasteiger partial charge in [-0.2, -0.15) is 0 Å². The summed E-state index contributed by atoms with van der Waals surface area (Å²) in [7, 11) is 1.95. The SMILES string of the molecule is CCC(C)(C)OCc1oc2ccccc2c1CNC. The molecule has 0 spiro atoms. The summed E-state index contributed by atoms with van der Waals surface area (Å²) in [5.41, 5.74) is 2.02. The van der Waals surface area contributed by atoms with Gasteiger partial charge in [0.15, 0.2) is 0 Å². The molecule has 1 N–H and O–H groups in total. The monoisotopic (exact) mass is 261 g/mol. The summed E-state index contributed by atoms with van der Waals surface area (Å²) in [6.07, 6.45) is 0.981. The second-order valence-electron chi connectivity index (χ2n) is 5.43. The van der Waals surface area contributed by atoms with Crippen LogP contribution in [-0.2, 0) is 17.9 Å². The average Bonchev–Trinajstić information content (AvgIpc) is 2.76. The summed E-state index contributed by atoms with van der Waals surface area (Å²) in [4.78, 5) is 0. The molecule has 0 aliphatic rings. The maximum atomic E-state index is 5.96. The predicted octanol–water partition coefficient (Wildman–Crippen LogP) is 3.86. The predicted molar refractivity (Wildman–Crippen MR) is 78.1 cm³/mol. The first kappa shape index (κ1) is 14.1. The van der Waals surface area contributed by atoms with Crippen LogP contribution in [0.3, 0.4) is 0 Å². The van der Waals surface area contributed by atoms with Crippen molar-refractivity contribution in [3.8, 4) is 0 Å². The zero-order chi connectivity index (χ0) is 13.9. The summed E-state index contributed by atoms with van der Waals surface area (Å²) < 4.78 is 11.9. The molecule has 3 heteroatoms. The van der Waals surface area contributed by atoms with Crippen LogP contribution in [-0.4, -0.2) is 12.6 Å². The molecule has 0 amide bonds. The molecule has 2 rings (SSSR count). The third-order valence-corrected chi connectivity index (χ3v) is 3.58. The van der Waals surface area contributed by atoms with Gasteiger partial charge >= 0.3 is 0 Å². The number of para-hydroxylation sites is 1. The number of nitrogens with one attached hydrogen (secondary N) is 1. The Morgan fingerprint density at radius 3 is 2.68 bits per heavy atom. The highest BCUT2D eigenvalue weighted by molar-refractivity contribution is 5.82. The van der Waals surface area contributed by atoms with E-state index in [0.717, 1.165) is 24.3 Å². The van der Waals surface area contributed by atoms with Crippen molar-refractivity contribution in [1.29, 1.82) is 0 Å².